The van der Waals surface area contributed by atoms with E-state index in [-0.39, 0.29) is 5.56 Å². The molecule has 3 nitrogen and oxygen atoms in total. The van der Waals surface area contributed by atoms with Gasteiger partial charge in [0, 0.05) is 6.54 Å². The Morgan fingerprint density at radius 1 is 1.47 bits per heavy atom. The number of carbonyl (C=O) groups is 1. The highest BCUT2D eigenvalue weighted by atomic mass is 35.5. The van der Waals surface area contributed by atoms with Crippen LogP contribution in [0.25, 0.3) is 0 Å². The van der Waals surface area contributed by atoms with Crippen molar-refractivity contribution >= 4 is 23.3 Å². The van der Waals surface area contributed by atoms with Crippen molar-refractivity contribution in [2.45, 2.75) is 25.7 Å². The van der Waals surface area contributed by atoms with E-state index in [0.29, 0.717) is 5.02 Å². The first kappa shape index (κ1) is 12.2. The molecule has 0 saturated heterocycles. The molecule has 0 amide bonds. The topological polar surface area (TPSA) is 49.3 Å². The van der Waals surface area contributed by atoms with Gasteiger partial charge in [-0.05, 0) is 37.0 Å². The summed E-state index contributed by atoms with van der Waals surface area (Å²) in [6.45, 7) is 0.892. The summed E-state index contributed by atoms with van der Waals surface area (Å²) < 4.78 is 0. The lowest BCUT2D eigenvalue weighted by Gasteiger charge is -2.08. The third-order valence-electron chi connectivity index (χ3n) is 3.02. The van der Waals surface area contributed by atoms with E-state index in [1.807, 2.05) is 0 Å². The Hall–Kier alpha value is -1.22. The van der Waals surface area contributed by atoms with Gasteiger partial charge in [-0.1, -0.05) is 24.4 Å². The normalized spacial score (nSPS) is 14.6. The fourth-order valence-corrected chi connectivity index (χ4v) is 2.06. The summed E-state index contributed by atoms with van der Waals surface area (Å²) in [5.41, 5.74) is 1.03. The Morgan fingerprint density at radius 3 is 2.82 bits per heavy atom. The first-order chi connectivity index (χ1) is 8.16. The highest BCUT2D eigenvalue weighted by Gasteiger charge is 2.19. The minimum atomic E-state index is -0.952. The standard InChI is InChI=1S/C13H16ClNO2/c14-11-8-10(13(16)17)5-6-12(11)15-7-1-2-9-3-4-9/h5-6,8-9,15H,1-4,7H2,(H,16,17). The zero-order valence-corrected chi connectivity index (χ0v) is 10.3. The molecule has 4 heteroatoms. The maximum Gasteiger partial charge on any atom is 0.335 e. The van der Waals surface area contributed by atoms with Crippen molar-refractivity contribution in [3.8, 4) is 0 Å². The second kappa shape index (κ2) is 5.41. The monoisotopic (exact) mass is 253 g/mol. The molecule has 2 N–H and O–H groups in total. The fraction of sp³-hybridized carbons (Fsp3) is 0.462. The molecule has 1 aliphatic rings. The smallest absolute Gasteiger partial charge is 0.335 e. The minimum Gasteiger partial charge on any atom is -0.478 e. The first-order valence-corrected chi connectivity index (χ1v) is 6.31. The quantitative estimate of drug-likeness (QED) is 0.761. The molecule has 0 unspecified atom stereocenters. The van der Waals surface area contributed by atoms with Gasteiger partial charge in [-0.15, -0.1) is 0 Å². The van der Waals surface area contributed by atoms with Crippen molar-refractivity contribution in [2.24, 2.45) is 5.92 Å². The summed E-state index contributed by atoms with van der Waals surface area (Å²) in [5.74, 6) is -0.00570. The van der Waals surface area contributed by atoms with E-state index < -0.39 is 5.97 Å². The van der Waals surface area contributed by atoms with Gasteiger partial charge in [-0.3, -0.25) is 0 Å². The summed E-state index contributed by atoms with van der Waals surface area (Å²) in [5, 5.41) is 12.5. The molecule has 0 bridgehead atoms. The number of carboxylic acids is 1. The highest BCUT2D eigenvalue weighted by molar-refractivity contribution is 6.33. The van der Waals surface area contributed by atoms with Gasteiger partial charge in [0.05, 0.1) is 16.3 Å². The fourth-order valence-electron chi connectivity index (χ4n) is 1.81. The van der Waals surface area contributed by atoms with Gasteiger partial charge in [0.25, 0.3) is 0 Å². The molecule has 17 heavy (non-hydrogen) atoms. The predicted molar refractivity (Wildman–Crippen MR) is 68.9 cm³/mol. The number of halogens is 1. The number of nitrogens with one attached hydrogen (secondary N) is 1. The zero-order chi connectivity index (χ0) is 12.3. The van der Waals surface area contributed by atoms with Crippen LogP contribution in [0.4, 0.5) is 5.69 Å². The molecule has 1 fully saturated rings. The molecule has 0 heterocycles. The van der Waals surface area contributed by atoms with Crippen molar-refractivity contribution in [2.75, 3.05) is 11.9 Å². The molecule has 1 aliphatic carbocycles. The van der Waals surface area contributed by atoms with E-state index in [2.05, 4.69) is 5.32 Å². The zero-order valence-electron chi connectivity index (χ0n) is 9.58. The largest absolute Gasteiger partial charge is 0.478 e. The van der Waals surface area contributed by atoms with Gasteiger partial charge in [-0.2, -0.15) is 0 Å². The molecule has 2 rings (SSSR count). The molecule has 1 aromatic rings. The van der Waals surface area contributed by atoms with Crippen LogP contribution in [-0.4, -0.2) is 17.6 Å². The number of benzene rings is 1. The summed E-state index contributed by atoms with van der Waals surface area (Å²) in [7, 11) is 0. The maximum absolute atomic E-state index is 10.7. The lowest BCUT2D eigenvalue weighted by atomic mass is 10.2. The maximum atomic E-state index is 10.7. The molecule has 1 saturated carbocycles. The van der Waals surface area contributed by atoms with Crippen LogP contribution >= 0.6 is 11.6 Å². The van der Waals surface area contributed by atoms with Gasteiger partial charge >= 0.3 is 5.97 Å². The summed E-state index contributed by atoms with van der Waals surface area (Å²) in [4.78, 5) is 10.7. The predicted octanol–water partition coefficient (Wildman–Crippen LogP) is 3.64. The van der Waals surface area contributed by atoms with Crippen LogP contribution in [0.15, 0.2) is 18.2 Å². The SMILES string of the molecule is O=C(O)c1ccc(NCCCC2CC2)c(Cl)c1. The highest BCUT2D eigenvalue weighted by Crippen LogP contribution is 2.33. The van der Waals surface area contributed by atoms with Crippen molar-refractivity contribution < 1.29 is 9.90 Å². The number of anilines is 1. The second-order valence-electron chi connectivity index (χ2n) is 4.51. The van der Waals surface area contributed by atoms with Crippen molar-refractivity contribution in [1.29, 1.82) is 0 Å². The number of rotatable bonds is 6. The van der Waals surface area contributed by atoms with E-state index in [0.717, 1.165) is 24.6 Å². The number of hydrogen-bond donors (Lipinski definition) is 2. The van der Waals surface area contributed by atoms with Crippen LogP contribution in [-0.2, 0) is 0 Å². The lowest BCUT2D eigenvalue weighted by Crippen LogP contribution is -2.03. The minimum absolute atomic E-state index is 0.221. The Labute approximate surface area is 106 Å². The van der Waals surface area contributed by atoms with Crippen LogP contribution in [0.5, 0.6) is 0 Å². The van der Waals surface area contributed by atoms with Crippen molar-refractivity contribution in [3.63, 3.8) is 0 Å². The van der Waals surface area contributed by atoms with E-state index in [1.165, 1.54) is 25.3 Å². The second-order valence-corrected chi connectivity index (χ2v) is 4.92. The summed E-state index contributed by atoms with van der Waals surface area (Å²) in [6.07, 6.45) is 5.18. The molecule has 0 radical (unpaired) electrons. The van der Waals surface area contributed by atoms with E-state index in [4.69, 9.17) is 16.7 Å². The van der Waals surface area contributed by atoms with Gasteiger partial charge < -0.3 is 10.4 Å². The van der Waals surface area contributed by atoms with Crippen molar-refractivity contribution in [1.82, 2.24) is 0 Å². The summed E-state index contributed by atoms with van der Waals surface area (Å²) in [6, 6.07) is 4.77. The van der Waals surface area contributed by atoms with E-state index in [1.54, 1.807) is 12.1 Å². The molecule has 0 atom stereocenters. The Kier molecular flexibility index (Phi) is 3.89. The molecular weight excluding hydrogens is 238 g/mol. The number of carboxylic acid groups (broad SMARTS) is 1. The Morgan fingerprint density at radius 2 is 2.24 bits per heavy atom. The van der Waals surface area contributed by atoms with Gasteiger partial charge in [0.1, 0.15) is 0 Å². The Balaban J connectivity index is 1.84. The lowest BCUT2D eigenvalue weighted by molar-refractivity contribution is 0.0697. The van der Waals surface area contributed by atoms with E-state index in [9.17, 15) is 4.79 Å². The molecule has 0 aliphatic heterocycles. The number of aromatic carboxylic acids is 1. The van der Waals surface area contributed by atoms with Gasteiger partial charge in [0.15, 0.2) is 0 Å². The molecule has 92 valence electrons. The average Bonchev–Trinajstić information content (AvgIpc) is 3.09. The summed E-state index contributed by atoms with van der Waals surface area (Å²) >= 11 is 6.00. The third-order valence-corrected chi connectivity index (χ3v) is 3.33. The van der Waals surface area contributed by atoms with Crippen LogP contribution in [0.1, 0.15) is 36.0 Å². The van der Waals surface area contributed by atoms with Crippen LogP contribution in [0.2, 0.25) is 5.02 Å². The molecule has 0 spiro atoms. The third kappa shape index (κ3) is 3.63. The molecular formula is C13H16ClNO2. The first-order valence-electron chi connectivity index (χ1n) is 5.93. The van der Waals surface area contributed by atoms with Gasteiger partial charge in [0.2, 0.25) is 0 Å². The van der Waals surface area contributed by atoms with E-state index >= 15 is 0 Å². The van der Waals surface area contributed by atoms with Crippen LogP contribution in [0.3, 0.4) is 0 Å². The average molecular weight is 254 g/mol. The molecule has 1 aromatic carbocycles. The van der Waals surface area contributed by atoms with Crippen LogP contribution < -0.4 is 5.32 Å². The number of hydrogen-bond acceptors (Lipinski definition) is 2. The van der Waals surface area contributed by atoms with Gasteiger partial charge in [-0.25, -0.2) is 4.79 Å². The van der Waals surface area contributed by atoms with Crippen molar-refractivity contribution in [3.05, 3.63) is 28.8 Å². The van der Waals surface area contributed by atoms with Crippen LogP contribution in [0, 0.1) is 5.92 Å². The Bertz CT molecular complexity index is 416. The molecule has 0 aromatic heterocycles.